The van der Waals surface area contributed by atoms with Gasteiger partial charge in [-0.3, -0.25) is 9.69 Å². The van der Waals surface area contributed by atoms with E-state index in [1.165, 1.54) is 23.5 Å². The summed E-state index contributed by atoms with van der Waals surface area (Å²) >= 11 is 1.51. The van der Waals surface area contributed by atoms with Crippen molar-refractivity contribution in [1.29, 1.82) is 0 Å². The van der Waals surface area contributed by atoms with Gasteiger partial charge < -0.3 is 15.2 Å². The highest BCUT2D eigenvalue weighted by Gasteiger charge is 2.38. The number of carboxylic acid groups (broad SMARTS) is 1. The van der Waals surface area contributed by atoms with Crippen molar-refractivity contribution in [2.24, 2.45) is 0 Å². The number of aryl methyl sites for hydroxylation is 1. The molecular formula is C26H26F4N2O4S. The first-order valence-electron chi connectivity index (χ1n) is 11.4. The molecule has 37 heavy (non-hydrogen) atoms. The molecule has 4 rings (SSSR count). The summed E-state index contributed by atoms with van der Waals surface area (Å²) in [6, 6.07) is 14.3. The molecule has 0 aliphatic carbocycles. The Bertz CT molecular complexity index is 1180. The zero-order valence-electron chi connectivity index (χ0n) is 19.9. The smallest absolute Gasteiger partial charge is 0.490 e. The number of nitrogens with zero attached hydrogens (tertiary/aromatic N) is 1. The van der Waals surface area contributed by atoms with Crippen molar-refractivity contribution >= 4 is 28.9 Å². The van der Waals surface area contributed by atoms with Gasteiger partial charge in [0.05, 0.1) is 5.56 Å². The topological polar surface area (TPSA) is 78.9 Å². The van der Waals surface area contributed by atoms with Crippen LogP contribution in [0.25, 0.3) is 0 Å². The number of ether oxygens (including phenoxy) is 1. The number of hydrogen-bond donors (Lipinski definition) is 2. The van der Waals surface area contributed by atoms with E-state index < -0.39 is 12.1 Å². The highest BCUT2D eigenvalue weighted by atomic mass is 32.1. The Hall–Kier alpha value is -3.44. The van der Waals surface area contributed by atoms with Crippen LogP contribution in [0, 0.1) is 12.7 Å². The van der Waals surface area contributed by atoms with Crippen LogP contribution in [0.3, 0.4) is 0 Å². The number of hydrogen-bond acceptors (Lipinski definition) is 5. The number of aliphatic carboxylic acids is 1. The van der Waals surface area contributed by atoms with Crippen LogP contribution < -0.4 is 10.1 Å². The van der Waals surface area contributed by atoms with E-state index >= 15 is 0 Å². The van der Waals surface area contributed by atoms with Crippen LogP contribution in [-0.4, -0.2) is 47.3 Å². The lowest BCUT2D eigenvalue weighted by atomic mass is 10.1. The number of halogens is 4. The molecule has 1 aliphatic rings. The first kappa shape index (κ1) is 28.1. The van der Waals surface area contributed by atoms with Crippen LogP contribution >= 0.6 is 11.3 Å². The predicted molar refractivity (Wildman–Crippen MR) is 132 cm³/mol. The number of carbonyl (C=O) groups excluding carboxylic acids is 1. The molecular weight excluding hydrogens is 512 g/mol. The molecule has 1 fully saturated rings. The number of rotatable bonds is 6. The van der Waals surface area contributed by atoms with Gasteiger partial charge in [0, 0.05) is 30.7 Å². The minimum absolute atomic E-state index is 0.0992. The Labute approximate surface area is 215 Å². The van der Waals surface area contributed by atoms with Crippen molar-refractivity contribution in [3.63, 3.8) is 0 Å². The molecule has 0 bridgehead atoms. The molecule has 1 amide bonds. The second kappa shape index (κ2) is 12.7. The van der Waals surface area contributed by atoms with Gasteiger partial charge in [-0.05, 0) is 72.7 Å². The van der Waals surface area contributed by atoms with Gasteiger partial charge in [0.2, 0.25) is 0 Å². The van der Waals surface area contributed by atoms with E-state index in [1.54, 1.807) is 0 Å². The van der Waals surface area contributed by atoms with Crippen LogP contribution in [-0.2, 0) is 11.3 Å². The van der Waals surface area contributed by atoms with E-state index in [9.17, 15) is 22.4 Å². The lowest BCUT2D eigenvalue weighted by molar-refractivity contribution is -0.192. The summed E-state index contributed by atoms with van der Waals surface area (Å²) in [6.45, 7) is 4.75. The third kappa shape index (κ3) is 8.87. The molecule has 2 N–H and O–H groups in total. The highest BCUT2D eigenvalue weighted by Crippen LogP contribution is 2.26. The van der Waals surface area contributed by atoms with Gasteiger partial charge in [0.15, 0.2) is 0 Å². The van der Waals surface area contributed by atoms with Gasteiger partial charge in [-0.15, -0.1) is 0 Å². The molecule has 6 nitrogen and oxygen atoms in total. The maximum Gasteiger partial charge on any atom is 0.490 e. The maximum absolute atomic E-state index is 13.1. The molecule has 2 aromatic carbocycles. The molecule has 0 saturated carbocycles. The molecule has 0 radical (unpaired) electrons. The number of thiophene rings is 1. The summed E-state index contributed by atoms with van der Waals surface area (Å²) in [7, 11) is 0. The normalized spacial score (nSPS) is 14.4. The number of likely N-dealkylation sites (tertiary alicyclic amines) is 1. The van der Waals surface area contributed by atoms with Crippen molar-refractivity contribution < 1.29 is 37.0 Å². The molecule has 11 heteroatoms. The zero-order valence-corrected chi connectivity index (χ0v) is 20.7. The number of benzene rings is 2. The van der Waals surface area contributed by atoms with E-state index in [1.807, 2.05) is 54.1 Å². The predicted octanol–water partition coefficient (Wildman–Crippen LogP) is 6.12. The number of nitrogens with one attached hydrogen (secondary N) is 1. The Morgan fingerprint density at radius 3 is 2.30 bits per heavy atom. The first-order chi connectivity index (χ1) is 17.5. The Balaban J connectivity index is 0.000000479. The summed E-state index contributed by atoms with van der Waals surface area (Å²) in [5.74, 6) is -2.19. The number of piperidine rings is 1. The molecule has 3 aromatic rings. The van der Waals surface area contributed by atoms with Gasteiger partial charge in [-0.1, -0.05) is 12.1 Å². The molecule has 0 spiro atoms. The Morgan fingerprint density at radius 1 is 1.11 bits per heavy atom. The molecule has 1 aromatic heterocycles. The number of carbonyl (C=O) groups is 2. The van der Waals surface area contributed by atoms with Crippen LogP contribution in [0.5, 0.6) is 5.75 Å². The largest absolute Gasteiger partial charge is 0.490 e. The minimum atomic E-state index is -5.08. The fourth-order valence-corrected chi connectivity index (χ4v) is 4.31. The third-order valence-corrected chi connectivity index (χ3v) is 6.29. The number of anilines is 1. The summed E-state index contributed by atoms with van der Waals surface area (Å²) in [5, 5.41) is 13.8. The standard InChI is InChI=1S/C24H25FN2O2S.C2HF3O2/c1-17-14-21(26-24(28)19-10-13-30-16-19)6-7-23(17)29-22-8-11-27(12-9-22)15-18-2-4-20(25)5-3-18;3-2(4,5)1(6)7/h2-7,10,13-14,16,22H,8-9,11-12,15H2,1H3,(H,26,28);(H,6,7). The molecule has 0 atom stereocenters. The SMILES string of the molecule is Cc1cc(NC(=O)c2ccsc2)ccc1OC1CCN(Cc2ccc(F)cc2)CC1.O=C(O)C(F)(F)F. The van der Waals surface area contributed by atoms with Crippen molar-refractivity contribution in [2.45, 2.75) is 38.6 Å². The van der Waals surface area contributed by atoms with Crippen molar-refractivity contribution in [1.82, 2.24) is 4.90 Å². The zero-order chi connectivity index (χ0) is 27.0. The second-order valence-corrected chi connectivity index (χ2v) is 9.25. The molecule has 0 unspecified atom stereocenters. The molecule has 198 valence electrons. The van der Waals surface area contributed by atoms with E-state index in [-0.39, 0.29) is 17.8 Å². The van der Waals surface area contributed by atoms with Crippen molar-refractivity contribution in [2.75, 3.05) is 18.4 Å². The van der Waals surface area contributed by atoms with E-state index in [0.29, 0.717) is 5.56 Å². The summed E-state index contributed by atoms with van der Waals surface area (Å²) in [6.07, 6.45) is -2.99. The van der Waals surface area contributed by atoms with E-state index in [2.05, 4.69) is 10.2 Å². The Kier molecular flexibility index (Phi) is 9.65. The molecule has 2 heterocycles. The van der Waals surface area contributed by atoms with Gasteiger partial charge in [-0.25, -0.2) is 9.18 Å². The van der Waals surface area contributed by atoms with Gasteiger partial charge >= 0.3 is 12.1 Å². The third-order valence-electron chi connectivity index (χ3n) is 5.61. The second-order valence-electron chi connectivity index (χ2n) is 8.47. The van der Waals surface area contributed by atoms with Crippen LogP contribution in [0.15, 0.2) is 59.3 Å². The maximum atomic E-state index is 13.1. The van der Waals surface area contributed by atoms with Gasteiger partial charge in [0.25, 0.3) is 5.91 Å². The lowest BCUT2D eigenvalue weighted by Crippen LogP contribution is -2.37. The summed E-state index contributed by atoms with van der Waals surface area (Å²) in [4.78, 5) is 23.5. The average molecular weight is 539 g/mol. The minimum Gasteiger partial charge on any atom is -0.490 e. The number of carboxylic acids is 1. The highest BCUT2D eigenvalue weighted by molar-refractivity contribution is 7.08. The van der Waals surface area contributed by atoms with Crippen LogP contribution in [0.4, 0.5) is 23.2 Å². The first-order valence-corrected chi connectivity index (χ1v) is 12.3. The van der Waals surface area contributed by atoms with Crippen molar-refractivity contribution in [3.8, 4) is 5.75 Å². The number of amides is 1. The van der Waals surface area contributed by atoms with Gasteiger partial charge in [-0.2, -0.15) is 24.5 Å². The monoisotopic (exact) mass is 538 g/mol. The van der Waals surface area contributed by atoms with Crippen molar-refractivity contribution in [3.05, 3.63) is 81.8 Å². The molecule has 1 aliphatic heterocycles. The van der Waals surface area contributed by atoms with Crippen LogP contribution in [0.2, 0.25) is 0 Å². The number of alkyl halides is 3. The Morgan fingerprint density at radius 2 is 1.76 bits per heavy atom. The van der Waals surface area contributed by atoms with Crippen LogP contribution in [0.1, 0.15) is 34.3 Å². The fraction of sp³-hybridized carbons (Fsp3) is 0.308. The van der Waals surface area contributed by atoms with E-state index in [4.69, 9.17) is 14.6 Å². The summed E-state index contributed by atoms with van der Waals surface area (Å²) < 4.78 is 51.0. The quantitative estimate of drug-likeness (QED) is 0.370. The summed E-state index contributed by atoms with van der Waals surface area (Å²) in [5.41, 5.74) is 3.58. The van der Waals surface area contributed by atoms with E-state index in [0.717, 1.165) is 55.0 Å². The molecule has 1 saturated heterocycles. The fourth-order valence-electron chi connectivity index (χ4n) is 3.67. The van der Waals surface area contributed by atoms with Gasteiger partial charge in [0.1, 0.15) is 17.7 Å². The average Bonchev–Trinajstić information content (AvgIpc) is 3.39. The lowest BCUT2D eigenvalue weighted by Gasteiger charge is -2.32.